The Labute approximate surface area is 128 Å². The highest BCUT2D eigenvalue weighted by atomic mass is 35.5. The number of piperazine rings is 1. The summed E-state index contributed by atoms with van der Waals surface area (Å²) < 4.78 is 5.30. The maximum Gasteiger partial charge on any atom is 0.163 e. The van der Waals surface area contributed by atoms with Gasteiger partial charge < -0.3 is 14.5 Å². The first kappa shape index (κ1) is 14.3. The van der Waals surface area contributed by atoms with Crippen LogP contribution in [0, 0.1) is 0 Å². The molecule has 0 radical (unpaired) electrons. The highest BCUT2D eigenvalue weighted by Crippen LogP contribution is 2.34. The van der Waals surface area contributed by atoms with Crippen LogP contribution in [-0.4, -0.2) is 60.3 Å². The molecule has 7 heteroatoms. The molecule has 1 aliphatic heterocycles. The number of halogens is 1. The fraction of sp³-hybridized carbons (Fsp3) is 0.429. The topological polar surface area (TPSA) is 50.7 Å². The molecule has 21 heavy (non-hydrogen) atoms. The van der Waals surface area contributed by atoms with Crippen molar-refractivity contribution in [3.63, 3.8) is 0 Å². The lowest BCUT2D eigenvalue weighted by molar-refractivity contribution is -0.0838. The van der Waals surface area contributed by atoms with E-state index >= 15 is 0 Å². The Kier molecular flexibility index (Phi) is 4.10. The van der Waals surface area contributed by atoms with Crippen molar-refractivity contribution in [1.29, 1.82) is 0 Å². The van der Waals surface area contributed by atoms with Gasteiger partial charge in [0.1, 0.15) is 17.2 Å². The van der Waals surface area contributed by atoms with E-state index in [1.54, 1.807) is 7.11 Å². The number of methoxy groups -OCH3 is 1. The van der Waals surface area contributed by atoms with Gasteiger partial charge in [0.25, 0.3) is 0 Å². The zero-order chi connectivity index (χ0) is 14.8. The van der Waals surface area contributed by atoms with E-state index in [0.29, 0.717) is 27.6 Å². The van der Waals surface area contributed by atoms with E-state index in [9.17, 15) is 0 Å². The molecule has 0 N–H and O–H groups in total. The molecule has 1 fully saturated rings. The number of nitrogens with zero attached hydrogens (tertiary/aromatic N) is 4. The predicted octanol–water partition coefficient (Wildman–Crippen LogP) is 1.83. The van der Waals surface area contributed by atoms with Gasteiger partial charge in [-0.2, -0.15) is 0 Å². The van der Waals surface area contributed by atoms with Crippen LogP contribution < -0.4 is 9.57 Å². The molecule has 1 aromatic carbocycles. The number of ether oxygens (including phenoxy) is 1. The highest BCUT2D eigenvalue weighted by Gasteiger charge is 2.18. The summed E-state index contributed by atoms with van der Waals surface area (Å²) in [5.74, 6) is 1.31. The summed E-state index contributed by atoms with van der Waals surface area (Å²) in [5, 5.41) is 3.02. The maximum absolute atomic E-state index is 6.20. The number of hydroxylamine groups is 2. The first-order valence-corrected chi connectivity index (χ1v) is 7.15. The van der Waals surface area contributed by atoms with Crippen LogP contribution in [0.15, 0.2) is 18.5 Å². The molecule has 3 rings (SSSR count). The predicted molar refractivity (Wildman–Crippen MR) is 80.8 cm³/mol. The van der Waals surface area contributed by atoms with Crippen molar-refractivity contribution in [3.05, 3.63) is 23.6 Å². The van der Waals surface area contributed by atoms with Crippen molar-refractivity contribution < 1.29 is 9.57 Å². The first-order chi connectivity index (χ1) is 10.2. The molecule has 0 saturated carbocycles. The standard InChI is InChI=1S/C14H17ClN4O2/c1-18-3-5-19(6-4-18)21-12-8-10(20-2)7-11-13(12)14(15)17-9-16-11/h7-9H,3-6H2,1-2H3. The average molecular weight is 309 g/mol. The number of aromatic nitrogens is 2. The van der Waals surface area contributed by atoms with Gasteiger partial charge in [-0.15, -0.1) is 5.06 Å². The molecule has 1 saturated heterocycles. The number of rotatable bonds is 3. The number of fused-ring (bicyclic) bond motifs is 1. The van der Waals surface area contributed by atoms with E-state index in [2.05, 4.69) is 21.9 Å². The second-order valence-corrected chi connectivity index (χ2v) is 5.37. The van der Waals surface area contributed by atoms with Crippen LogP contribution in [0.2, 0.25) is 5.15 Å². The average Bonchev–Trinajstić information content (AvgIpc) is 2.49. The smallest absolute Gasteiger partial charge is 0.163 e. The third-order valence-corrected chi connectivity index (χ3v) is 3.84. The number of hydrogen-bond acceptors (Lipinski definition) is 6. The van der Waals surface area contributed by atoms with Gasteiger partial charge in [-0.1, -0.05) is 11.6 Å². The Morgan fingerprint density at radius 3 is 2.62 bits per heavy atom. The molecule has 112 valence electrons. The molecule has 6 nitrogen and oxygen atoms in total. The Balaban J connectivity index is 1.96. The monoisotopic (exact) mass is 308 g/mol. The second-order valence-electron chi connectivity index (χ2n) is 5.01. The number of likely N-dealkylation sites (N-methyl/N-ethyl adjacent to an activating group) is 1. The van der Waals surface area contributed by atoms with Gasteiger partial charge in [-0.3, -0.25) is 0 Å². The molecule has 0 atom stereocenters. The molecule has 1 aliphatic rings. The van der Waals surface area contributed by atoms with Crippen LogP contribution in [0.3, 0.4) is 0 Å². The fourth-order valence-corrected chi connectivity index (χ4v) is 2.53. The van der Waals surface area contributed by atoms with E-state index < -0.39 is 0 Å². The van der Waals surface area contributed by atoms with Crippen molar-refractivity contribution in [2.45, 2.75) is 0 Å². The summed E-state index contributed by atoms with van der Waals surface area (Å²) in [7, 11) is 3.71. The van der Waals surface area contributed by atoms with Gasteiger partial charge in [0.2, 0.25) is 0 Å². The van der Waals surface area contributed by atoms with Crippen molar-refractivity contribution in [3.8, 4) is 11.5 Å². The lowest BCUT2D eigenvalue weighted by atomic mass is 10.2. The summed E-state index contributed by atoms with van der Waals surface area (Å²) in [6.45, 7) is 3.60. The largest absolute Gasteiger partial charge is 0.497 e. The van der Waals surface area contributed by atoms with Crippen LogP contribution >= 0.6 is 11.6 Å². The molecule has 0 amide bonds. The Bertz CT molecular complexity index is 644. The van der Waals surface area contributed by atoms with Gasteiger partial charge in [0.05, 0.1) is 18.0 Å². The zero-order valence-corrected chi connectivity index (χ0v) is 12.8. The zero-order valence-electron chi connectivity index (χ0n) is 12.0. The minimum Gasteiger partial charge on any atom is -0.497 e. The van der Waals surface area contributed by atoms with E-state index in [0.717, 1.165) is 26.2 Å². The van der Waals surface area contributed by atoms with E-state index in [1.165, 1.54) is 6.33 Å². The minimum absolute atomic E-state index is 0.381. The first-order valence-electron chi connectivity index (χ1n) is 6.77. The Morgan fingerprint density at radius 1 is 1.14 bits per heavy atom. The van der Waals surface area contributed by atoms with Crippen LogP contribution in [0.25, 0.3) is 10.9 Å². The van der Waals surface area contributed by atoms with Gasteiger partial charge >= 0.3 is 0 Å². The normalized spacial score (nSPS) is 17.1. The van der Waals surface area contributed by atoms with Gasteiger partial charge in [0.15, 0.2) is 5.75 Å². The second kappa shape index (κ2) is 6.01. The van der Waals surface area contributed by atoms with Crippen molar-refractivity contribution >= 4 is 22.5 Å². The molecular formula is C14H17ClN4O2. The quantitative estimate of drug-likeness (QED) is 0.806. The summed E-state index contributed by atoms with van der Waals surface area (Å²) in [4.78, 5) is 16.5. The van der Waals surface area contributed by atoms with E-state index in [4.69, 9.17) is 21.2 Å². The molecule has 0 unspecified atom stereocenters. The maximum atomic E-state index is 6.20. The molecule has 1 aromatic heterocycles. The Hall–Kier alpha value is -1.63. The van der Waals surface area contributed by atoms with Crippen molar-refractivity contribution in [2.75, 3.05) is 40.3 Å². The summed E-state index contributed by atoms with van der Waals surface area (Å²) in [6.07, 6.45) is 1.43. The molecule has 0 bridgehead atoms. The molecule has 0 aliphatic carbocycles. The molecule has 2 heterocycles. The lowest BCUT2D eigenvalue weighted by Gasteiger charge is -2.31. The van der Waals surface area contributed by atoms with Crippen LogP contribution in [0.1, 0.15) is 0 Å². The van der Waals surface area contributed by atoms with Gasteiger partial charge in [-0.25, -0.2) is 9.97 Å². The summed E-state index contributed by atoms with van der Waals surface area (Å²) >= 11 is 6.20. The number of hydrogen-bond donors (Lipinski definition) is 0. The van der Waals surface area contributed by atoms with Crippen LogP contribution in [-0.2, 0) is 0 Å². The molecular weight excluding hydrogens is 292 g/mol. The van der Waals surface area contributed by atoms with Crippen molar-refractivity contribution in [1.82, 2.24) is 19.9 Å². The number of benzene rings is 1. The van der Waals surface area contributed by atoms with Crippen molar-refractivity contribution in [2.24, 2.45) is 0 Å². The third-order valence-electron chi connectivity index (χ3n) is 3.55. The van der Waals surface area contributed by atoms with Crippen LogP contribution in [0.4, 0.5) is 0 Å². The lowest BCUT2D eigenvalue weighted by Crippen LogP contribution is -2.45. The molecule has 0 spiro atoms. The third kappa shape index (κ3) is 3.02. The molecule has 2 aromatic rings. The van der Waals surface area contributed by atoms with Gasteiger partial charge in [-0.05, 0) is 7.05 Å². The summed E-state index contributed by atoms with van der Waals surface area (Å²) in [5.41, 5.74) is 0.707. The highest BCUT2D eigenvalue weighted by molar-refractivity contribution is 6.34. The van der Waals surface area contributed by atoms with Crippen LogP contribution in [0.5, 0.6) is 11.5 Å². The summed E-state index contributed by atoms with van der Waals surface area (Å²) in [6, 6.07) is 3.63. The van der Waals surface area contributed by atoms with Gasteiger partial charge in [0, 0.05) is 38.3 Å². The Morgan fingerprint density at radius 2 is 1.90 bits per heavy atom. The van der Waals surface area contributed by atoms with E-state index in [-0.39, 0.29) is 0 Å². The minimum atomic E-state index is 0.381. The van der Waals surface area contributed by atoms with E-state index in [1.807, 2.05) is 17.2 Å². The fourth-order valence-electron chi connectivity index (χ4n) is 2.30. The SMILES string of the molecule is COc1cc(ON2CCN(C)CC2)c2c(Cl)ncnc2c1.